The van der Waals surface area contributed by atoms with E-state index < -0.39 is 17.6 Å². The Labute approximate surface area is 196 Å². The van der Waals surface area contributed by atoms with E-state index in [9.17, 15) is 22.8 Å². The van der Waals surface area contributed by atoms with Crippen LogP contribution >= 0.6 is 23.5 Å². The van der Waals surface area contributed by atoms with Crippen molar-refractivity contribution in [3.8, 4) is 0 Å². The molecule has 3 heterocycles. The Morgan fingerprint density at radius 2 is 2.03 bits per heavy atom. The van der Waals surface area contributed by atoms with Gasteiger partial charge >= 0.3 is 6.18 Å². The molecule has 5 nitrogen and oxygen atoms in total. The number of hydrogen-bond donors (Lipinski definition) is 2. The molecule has 0 radical (unpaired) electrons. The third kappa shape index (κ3) is 6.08. The molecular formula is C23H18F3N3O2S2. The minimum atomic E-state index is -4.47. The lowest BCUT2D eigenvalue weighted by molar-refractivity contribution is -0.137. The molecule has 0 spiro atoms. The van der Waals surface area contributed by atoms with Gasteiger partial charge in [0.25, 0.3) is 5.91 Å². The van der Waals surface area contributed by atoms with E-state index in [1.165, 1.54) is 23.9 Å². The molecule has 170 valence electrons. The highest BCUT2D eigenvalue weighted by molar-refractivity contribution is 8.04. The van der Waals surface area contributed by atoms with Crippen molar-refractivity contribution in [3.63, 3.8) is 0 Å². The molecule has 2 aliphatic heterocycles. The molecule has 2 aromatic rings. The fourth-order valence-corrected chi connectivity index (χ4v) is 5.24. The van der Waals surface area contributed by atoms with E-state index in [0.717, 1.165) is 35.0 Å². The minimum absolute atomic E-state index is 0.00576. The van der Waals surface area contributed by atoms with Gasteiger partial charge in [0.1, 0.15) is 0 Å². The zero-order valence-corrected chi connectivity index (χ0v) is 18.7. The quantitative estimate of drug-likeness (QED) is 0.559. The number of benzene rings is 1. The molecule has 0 aliphatic carbocycles. The average molecular weight is 490 g/mol. The molecule has 0 fully saturated rings. The summed E-state index contributed by atoms with van der Waals surface area (Å²) >= 11 is 2.68. The summed E-state index contributed by atoms with van der Waals surface area (Å²) in [6, 6.07) is 6.98. The number of carbonyl (C=O) groups is 2. The third-order valence-electron chi connectivity index (χ3n) is 4.83. The van der Waals surface area contributed by atoms with Crippen LogP contribution in [-0.2, 0) is 22.3 Å². The van der Waals surface area contributed by atoms with Crippen molar-refractivity contribution in [1.82, 2.24) is 10.3 Å². The Morgan fingerprint density at radius 1 is 1.24 bits per heavy atom. The van der Waals surface area contributed by atoms with Gasteiger partial charge in [0.2, 0.25) is 5.91 Å². The zero-order valence-electron chi connectivity index (χ0n) is 17.1. The summed E-state index contributed by atoms with van der Waals surface area (Å²) in [5.74, 6) is -0.636. The summed E-state index contributed by atoms with van der Waals surface area (Å²) in [6.45, 7) is 0.409. The van der Waals surface area contributed by atoms with Crippen molar-refractivity contribution < 1.29 is 22.8 Å². The van der Waals surface area contributed by atoms with Crippen molar-refractivity contribution in [2.45, 2.75) is 29.3 Å². The van der Waals surface area contributed by atoms with Gasteiger partial charge in [-0.15, -0.1) is 11.8 Å². The van der Waals surface area contributed by atoms with Gasteiger partial charge in [0.05, 0.1) is 16.2 Å². The molecule has 1 atom stereocenters. The molecule has 1 aromatic heterocycles. The average Bonchev–Trinajstić information content (AvgIpc) is 3.24. The van der Waals surface area contributed by atoms with Gasteiger partial charge in [-0.05, 0) is 53.3 Å². The molecule has 1 unspecified atom stereocenters. The maximum absolute atomic E-state index is 12.9. The van der Waals surface area contributed by atoms with Crippen LogP contribution in [0.3, 0.4) is 0 Å². The standard InChI is InChI=1S/C23H18F3N3O2S2/c24-23(25,26)16-2-3-19-18(10-16)29-22(31)20(33-19)11-17-9-15(13-32-17)1-4-21(30)28-12-14-5-7-27-8-6-14/h1-8,10-11,13,17H,9,12H2,(H,28,30)(H,29,31)/b4-1+,20-11-. The predicted molar refractivity (Wildman–Crippen MR) is 123 cm³/mol. The number of thioether (sulfide) groups is 2. The van der Waals surface area contributed by atoms with Crippen LogP contribution in [0.15, 0.2) is 81.7 Å². The maximum atomic E-state index is 12.9. The second-order valence-electron chi connectivity index (χ2n) is 7.27. The molecule has 0 saturated heterocycles. The van der Waals surface area contributed by atoms with Gasteiger partial charge < -0.3 is 10.6 Å². The Balaban J connectivity index is 1.32. The van der Waals surface area contributed by atoms with Crippen molar-refractivity contribution in [3.05, 3.63) is 88.0 Å². The Kier molecular flexibility index (Phi) is 6.94. The van der Waals surface area contributed by atoms with Crippen LogP contribution in [-0.4, -0.2) is 22.0 Å². The first kappa shape index (κ1) is 23.2. The number of halogens is 3. The number of aromatic nitrogens is 1. The smallest absolute Gasteiger partial charge is 0.348 e. The highest BCUT2D eigenvalue weighted by Crippen LogP contribution is 2.43. The molecule has 33 heavy (non-hydrogen) atoms. The molecule has 10 heteroatoms. The zero-order chi connectivity index (χ0) is 23.4. The van der Waals surface area contributed by atoms with E-state index in [-0.39, 0.29) is 16.8 Å². The van der Waals surface area contributed by atoms with E-state index in [2.05, 4.69) is 15.6 Å². The summed E-state index contributed by atoms with van der Waals surface area (Å²) in [4.78, 5) is 29.4. The summed E-state index contributed by atoms with van der Waals surface area (Å²) in [5, 5.41) is 7.28. The lowest BCUT2D eigenvalue weighted by atomic mass is 10.1. The second kappa shape index (κ2) is 9.88. The number of allylic oxidation sites excluding steroid dienone is 2. The normalized spacial score (nSPS) is 19.4. The van der Waals surface area contributed by atoms with Crippen LogP contribution in [0.1, 0.15) is 17.5 Å². The molecule has 2 amide bonds. The number of pyridine rings is 1. The fourth-order valence-electron chi connectivity index (χ4n) is 3.16. The van der Waals surface area contributed by atoms with Crippen LogP contribution in [0.5, 0.6) is 0 Å². The highest BCUT2D eigenvalue weighted by Gasteiger charge is 2.32. The lowest BCUT2D eigenvalue weighted by Crippen LogP contribution is -2.20. The molecule has 2 N–H and O–H groups in total. The SMILES string of the molecule is O=C(/C=C/C1=CSC(/C=C2\Sc3ccc(C(F)(F)F)cc3NC2=O)C1)NCc1ccncc1. The topological polar surface area (TPSA) is 71.1 Å². The van der Waals surface area contributed by atoms with Crippen LogP contribution in [0.25, 0.3) is 0 Å². The van der Waals surface area contributed by atoms with Crippen molar-refractivity contribution in [2.24, 2.45) is 0 Å². The second-order valence-corrected chi connectivity index (χ2v) is 9.47. The largest absolute Gasteiger partial charge is 0.416 e. The molecule has 0 bridgehead atoms. The van der Waals surface area contributed by atoms with Gasteiger partial charge in [-0.25, -0.2) is 0 Å². The van der Waals surface area contributed by atoms with E-state index in [4.69, 9.17) is 0 Å². The number of nitrogens with one attached hydrogen (secondary N) is 2. The first-order valence-corrected chi connectivity index (χ1v) is 11.7. The fraction of sp³-hybridized carbons (Fsp3) is 0.174. The molecule has 1 aromatic carbocycles. The minimum Gasteiger partial charge on any atom is -0.348 e. The highest BCUT2D eigenvalue weighted by atomic mass is 32.2. The lowest BCUT2D eigenvalue weighted by Gasteiger charge is -2.20. The number of rotatable bonds is 5. The Bertz CT molecular complexity index is 1160. The number of amides is 2. The predicted octanol–water partition coefficient (Wildman–Crippen LogP) is 5.29. The molecule has 0 saturated carbocycles. The molecular weight excluding hydrogens is 471 g/mol. The summed E-state index contributed by atoms with van der Waals surface area (Å²) < 4.78 is 38.7. The molecule has 4 rings (SSSR count). The van der Waals surface area contributed by atoms with Crippen molar-refractivity contribution >= 4 is 41.0 Å². The van der Waals surface area contributed by atoms with Crippen LogP contribution in [0, 0.1) is 0 Å². The summed E-state index contributed by atoms with van der Waals surface area (Å²) in [6.07, 6.45) is 4.52. The van der Waals surface area contributed by atoms with Gasteiger partial charge in [0, 0.05) is 35.2 Å². The van der Waals surface area contributed by atoms with E-state index in [1.54, 1.807) is 18.5 Å². The first-order chi connectivity index (χ1) is 15.8. The van der Waals surface area contributed by atoms with E-state index >= 15 is 0 Å². The van der Waals surface area contributed by atoms with Crippen molar-refractivity contribution in [1.29, 1.82) is 0 Å². The number of hydrogen-bond acceptors (Lipinski definition) is 5. The monoisotopic (exact) mass is 489 g/mol. The summed E-state index contributed by atoms with van der Waals surface area (Å²) in [5.41, 5.74) is 1.27. The molecule has 2 aliphatic rings. The van der Waals surface area contributed by atoms with Gasteiger partial charge in [-0.1, -0.05) is 23.9 Å². The Morgan fingerprint density at radius 3 is 2.79 bits per heavy atom. The van der Waals surface area contributed by atoms with Crippen LogP contribution in [0.4, 0.5) is 18.9 Å². The summed E-state index contributed by atoms with van der Waals surface area (Å²) in [7, 11) is 0. The van der Waals surface area contributed by atoms with Gasteiger partial charge in [-0.2, -0.15) is 13.2 Å². The number of fused-ring (bicyclic) bond motifs is 1. The number of nitrogens with zero attached hydrogens (tertiary/aromatic N) is 1. The number of carbonyl (C=O) groups excluding carboxylic acids is 2. The van der Waals surface area contributed by atoms with Gasteiger partial charge in [-0.3, -0.25) is 14.6 Å². The maximum Gasteiger partial charge on any atom is 0.416 e. The van der Waals surface area contributed by atoms with E-state index in [0.29, 0.717) is 22.8 Å². The number of alkyl halides is 3. The van der Waals surface area contributed by atoms with Gasteiger partial charge in [0.15, 0.2) is 0 Å². The van der Waals surface area contributed by atoms with Crippen molar-refractivity contribution in [2.75, 3.05) is 5.32 Å². The van der Waals surface area contributed by atoms with Crippen LogP contribution in [0.2, 0.25) is 0 Å². The first-order valence-electron chi connectivity index (χ1n) is 9.89. The Hall–Kier alpha value is -2.98. The number of anilines is 1. The van der Waals surface area contributed by atoms with E-state index in [1.807, 2.05) is 23.6 Å². The third-order valence-corrected chi connectivity index (χ3v) is 7.04. The van der Waals surface area contributed by atoms with Crippen LogP contribution < -0.4 is 10.6 Å².